The van der Waals surface area contributed by atoms with Crippen LogP contribution in [0.1, 0.15) is 46.0 Å². The molecule has 4 fully saturated rings. The van der Waals surface area contributed by atoms with Crippen molar-refractivity contribution in [1.29, 1.82) is 0 Å². The lowest BCUT2D eigenvalue weighted by Crippen LogP contribution is -2.61. The molecule has 0 bridgehead atoms. The topological polar surface area (TPSA) is 160 Å². The average molecular weight is 576 g/mol. The van der Waals surface area contributed by atoms with Gasteiger partial charge in [-0.05, 0) is 56.1 Å². The third-order valence-electron chi connectivity index (χ3n) is 10.9. The number of ketones is 2. The van der Waals surface area contributed by atoms with Crippen molar-refractivity contribution in [2.24, 2.45) is 28.6 Å². The summed E-state index contributed by atoms with van der Waals surface area (Å²) in [5.74, 6) is -1.07. The van der Waals surface area contributed by atoms with Gasteiger partial charge in [-0.15, -0.1) is 10.1 Å². The van der Waals surface area contributed by atoms with E-state index in [0.29, 0.717) is 39.1 Å². The van der Waals surface area contributed by atoms with Crippen LogP contribution in [0.2, 0.25) is 0 Å². The Balaban J connectivity index is 1.16. The van der Waals surface area contributed by atoms with Crippen LogP contribution in [-0.2, 0) is 24.0 Å². The van der Waals surface area contributed by atoms with Crippen molar-refractivity contribution in [2.75, 3.05) is 52.5 Å². The van der Waals surface area contributed by atoms with Crippen LogP contribution in [0, 0.1) is 38.7 Å². The summed E-state index contributed by atoms with van der Waals surface area (Å²) in [7, 11) is 0. The predicted octanol–water partition coefficient (Wildman–Crippen LogP) is 0.934. The lowest BCUT2D eigenvalue weighted by molar-refractivity contribution is -0.757. The molecule has 0 aromatic carbocycles. The second-order valence-corrected chi connectivity index (χ2v) is 12.9. The number of nitrogens with zero attached hydrogens (tertiary/aromatic N) is 3. The first-order chi connectivity index (χ1) is 19.4. The van der Waals surface area contributed by atoms with Crippen molar-refractivity contribution in [2.45, 2.75) is 57.7 Å². The summed E-state index contributed by atoms with van der Waals surface area (Å²) in [6.45, 7) is 6.29. The van der Waals surface area contributed by atoms with Crippen molar-refractivity contribution in [1.82, 2.24) is 9.80 Å². The van der Waals surface area contributed by atoms with Crippen LogP contribution >= 0.6 is 0 Å². The summed E-state index contributed by atoms with van der Waals surface area (Å²) in [4.78, 5) is 56.6. The zero-order chi connectivity index (χ0) is 29.6. The maximum Gasteiger partial charge on any atom is 0.320 e. The maximum absolute atomic E-state index is 13.5. The molecule has 0 radical (unpaired) electrons. The molecule has 2 N–H and O–H groups in total. The second-order valence-electron chi connectivity index (χ2n) is 12.9. The highest BCUT2D eigenvalue weighted by molar-refractivity contribution is 6.01. The van der Waals surface area contributed by atoms with Crippen molar-refractivity contribution < 1.29 is 39.3 Å². The Bertz CT molecular complexity index is 1150. The number of Topliss-reactive ketones (excluding diaryl/α,β-unsaturated/α-hetero) is 1. The Morgan fingerprint density at radius 2 is 1.88 bits per heavy atom. The fourth-order valence-electron chi connectivity index (χ4n) is 8.70. The quantitative estimate of drug-likeness (QED) is 0.229. The van der Waals surface area contributed by atoms with Crippen LogP contribution in [0.5, 0.6) is 0 Å². The monoisotopic (exact) mass is 575 g/mol. The van der Waals surface area contributed by atoms with E-state index < -0.39 is 46.0 Å². The lowest BCUT2D eigenvalue weighted by atomic mass is 9.46. The summed E-state index contributed by atoms with van der Waals surface area (Å²) in [5, 5.41) is 32.8. The van der Waals surface area contributed by atoms with Gasteiger partial charge < -0.3 is 19.8 Å². The highest BCUT2D eigenvalue weighted by Gasteiger charge is 2.68. The Labute approximate surface area is 239 Å². The van der Waals surface area contributed by atoms with Crippen molar-refractivity contribution in [3.8, 4) is 0 Å². The number of carbonyl (C=O) groups is 3. The SMILES string of the molecule is C[C@]12C=CC(=O)C=C1CC[C@@H]1[C@@H]2[C@@H](O)C[C@@]2(C)[C@H]1CC[C@]2(O)C(=O)COC(=O)CN1CCN(CCO[N+](=O)[O-])CC1. The second kappa shape index (κ2) is 11.2. The molecule has 0 amide bonds. The molecular weight excluding hydrogens is 534 g/mol. The molecule has 0 aromatic rings. The number of fused-ring (bicyclic) bond motifs is 5. The van der Waals surface area contributed by atoms with Crippen LogP contribution in [0.4, 0.5) is 0 Å². The van der Waals surface area contributed by atoms with E-state index in [0.717, 1.165) is 18.4 Å². The first-order valence-corrected chi connectivity index (χ1v) is 14.6. The largest absolute Gasteiger partial charge is 0.457 e. The number of aliphatic hydroxyl groups excluding tert-OH is 1. The van der Waals surface area contributed by atoms with Crippen molar-refractivity contribution in [3.05, 3.63) is 33.9 Å². The summed E-state index contributed by atoms with van der Waals surface area (Å²) in [5.41, 5.74) is -1.92. The van der Waals surface area contributed by atoms with Crippen LogP contribution < -0.4 is 0 Å². The van der Waals surface area contributed by atoms with E-state index in [-0.39, 0.29) is 49.5 Å². The van der Waals surface area contributed by atoms with Crippen molar-refractivity contribution in [3.63, 3.8) is 0 Å². The molecule has 5 aliphatic rings. The molecule has 1 aliphatic heterocycles. The molecule has 7 atom stereocenters. The van der Waals surface area contributed by atoms with E-state index in [2.05, 4.69) is 11.8 Å². The van der Waals surface area contributed by atoms with Crippen molar-refractivity contribution >= 4 is 17.5 Å². The third-order valence-corrected chi connectivity index (χ3v) is 10.9. The molecule has 3 saturated carbocycles. The molecular formula is C29H41N3O9. The number of hydrogen-bond acceptors (Lipinski definition) is 11. The number of rotatable bonds is 9. The van der Waals surface area contributed by atoms with Gasteiger partial charge in [0.15, 0.2) is 12.4 Å². The number of piperazine rings is 1. The van der Waals surface area contributed by atoms with E-state index in [1.165, 1.54) is 0 Å². The van der Waals surface area contributed by atoms with Gasteiger partial charge in [0, 0.05) is 49.5 Å². The minimum atomic E-state index is -1.70. The standard InChI is InChI=1S/C29H41N3O9/c1-27-7-5-20(33)15-19(27)3-4-21-22-6-8-29(37,28(22,2)16-23(34)26(21)27)24(35)18-40-25(36)17-31-11-9-30(10-12-31)13-14-41-32(38)39/h5,7,15,21-23,26,34,37H,3-4,6,8-14,16-18H2,1-2H3/t21-,22-,23-,26+,27-,28-,29-/m0/s1. The minimum absolute atomic E-state index is 0.00622. The van der Waals surface area contributed by atoms with Crippen LogP contribution in [0.15, 0.2) is 23.8 Å². The maximum atomic E-state index is 13.5. The fraction of sp³-hybridized carbons (Fsp3) is 0.759. The van der Waals surface area contributed by atoms with E-state index in [1.807, 2.05) is 22.8 Å². The summed E-state index contributed by atoms with van der Waals surface area (Å²) >= 11 is 0. The van der Waals surface area contributed by atoms with Gasteiger partial charge in [-0.25, -0.2) is 0 Å². The van der Waals surface area contributed by atoms with E-state index in [9.17, 15) is 34.7 Å². The van der Waals surface area contributed by atoms with Crippen LogP contribution in [0.3, 0.4) is 0 Å². The Morgan fingerprint density at radius 1 is 1.17 bits per heavy atom. The number of aliphatic hydroxyl groups is 2. The first-order valence-electron chi connectivity index (χ1n) is 14.6. The summed E-state index contributed by atoms with van der Waals surface area (Å²) in [6.07, 6.45) is 7.18. The van der Waals surface area contributed by atoms with Crippen LogP contribution in [-0.4, -0.2) is 107 Å². The van der Waals surface area contributed by atoms with Gasteiger partial charge in [-0.2, -0.15) is 0 Å². The van der Waals surface area contributed by atoms with Crippen LogP contribution in [0.25, 0.3) is 0 Å². The van der Waals surface area contributed by atoms with E-state index in [4.69, 9.17) is 4.74 Å². The number of hydrogen-bond donors (Lipinski definition) is 2. The Kier molecular flexibility index (Phi) is 8.14. The molecule has 5 rings (SSSR count). The van der Waals surface area contributed by atoms with E-state index >= 15 is 0 Å². The first kappa shape index (κ1) is 29.8. The highest BCUT2D eigenvalue weighted by atomic mass is 16.9. The van der Waals surface area contributed by atoms with Gasteiger partial charge in [0.25, 0.3) is 5.09 Å². The zero-order valence-corrected chi connectivity index (χ0v) is 23.8. The molecule has 0 aromatic heterocycles. The Morgan fingerprint density at radius 3 is 2.59 bits per heavy atom. The van der Waals surface area contributed by atoms with Gasteiger partial charge in [0.1, 0.15) is 12.2 Å². The molecule has 226 valence electrons. The number of allylic oxidation sites excluding steroid dienone is 4. The third kappa shape index (κ3) is 5.35. The van der Waals surface area contributed by atoms with Gasteiger partial charge in [-0.1, -0.05) is 25.5 Å². The normalized spacial score (nSPS) is 38.8. The molecule has 0 spiro atoms. The number of ether oxygens (including phenoxy) is 1. The van der Waals surface area contributed by atoms with Gasteiger partial charge in [0.2, 0.25) is 5.78 Å². The summed E-state index contributed by atoms with van der Waals surface area (Å²) < 4.78 is 5.35. The molecule has 12 nitrogen and oxygen atoms in total. The average Bonchev–Trinajstić information content (AvgIpc) is 3.19. The smallest absolute Gasteiger partial charge is 0.320 e. The molecule has 4 aliphatic carbocycles. The molecule has 1 saturated heterocycles. The number of carbonyl (C=O) groups excluding carboxylic acids is 3. The summed E-state index contributed by atoms with van der Waals surface area (Å²) in [6, 6.07) is 0. The fourth-order valence-corrected chi connectivity index (χ4v) is 8.70. The van der Waals surface area contributed by atoms with E-state index in [1.54, 1.807) is 12.2 Å². The lowest BCUT2D eigenvalue weighted by Gasteiger charge is -2.59. The van der Waals surface area contributed by atoms with Gasteiger partial charge in [0.05, 0.1) is 12.6 Å². The molecule has 12 heteroatoms. The predicted molar refractivity (Wildman–Crippen MR) is 145 cm³/mol. The molecule has 0 unspecified atom stereocenters. The molecule has 1 heterocycles. The Hall–Kier alpha value is -2.67. The van der Waals surface area contributed by atoms with Gasteiger partial charge >= 0.3 is 5.97 Å². The molecule has 41 heavy (non-hydrogen) atoms. The highest BCUT2D eigenvalue weighted by Crippen LogP contribution is 2.67. The minimum Gasteiger partial charge on any atom is -0.457 e. The van der Waals surface area contributed by atoms with Gasteiger partial charge in [-0.3, -0.25) is 24.2 Å². The zero-order valence-electron chi connectivity index (χ0n) is 23.8. The number of esters is 1.